The van der Waals surface area contributed by atoms with E-state index in [1.807, 2.05) is 0 Å². The summed E-state index contributed by atoms with van der Waals surface area (Å²) in [7, 11) is 0. The summed E-state index contributed by atoms with van der Waals surface area (Å²) in [4.78, 5) is 0. The van der Waals surface area contributed by atoms with Crippen LogP contribution in [0.15, 0.2) is 0 Å². The Labute approximate surface area is 192 Å². The average molecular weight is 623 g/mol. The van der Waals surface area contributed by atoms with Gasteiger partial charge in [-0.1, -0.05) is 0 Å². The molecular weight excluding hydrogens is 623 g/mol. The monoisotopic (exact) mass is 622 g/mol. The van der Waals surface area contributed by atoms with Gasteiger partial charge in [0.2, 0.25) is 0 Å². The zero-order chi connectivity index (χ0) is 26.1. The first-order valence-corrected chi connectivity index (χ1v) is 6.22. The maximum absolute atomic E-state index is 13.1. The van der Waals surface area contributed by atoms with Gasteiger partial charge in [-0.2, -0.15) is 74.6 Å². The van der Waals surface area contributed by atoms with E-state index in [-0.39, 0.29) is 40.0 Å². The van der Waals surface area contributed by atoms with Crippen molar-refractivity contribution in [1.29, 1.82) is 0 Å². The van der Waals surface area contributed by atoms with Gasteiger partial charge in [0.05, 0.1) is 6.43 Å². The molecule has 0 spiro atoms. The second kappa shape index (κ2) is 9.34. The van der Waals surface area contributed by atoms with Crippen molar-refractivity contribution in [1.82, 2.24) is 0 Å². The molecule has 0 aromatic rings. The van der Waals surface area contributed by atoms with Crippen LogP contribution in [0, 0.1) is 6.43 Å². The van der Waals surface area contributed by atoms with Gasteiger partial charge in [-0.05, 0) is 0 Å². The average Bonchev–Trinajstić information content (AvgIpc) is 2.52. The number of rotatable bonds is 8. The van der Waals surface area contributed by atoms with Crippen molar-refractivity contribution in [3.63, 3.8) is 0 Å². The maximum Gasteiger partial charge on any atom is 2.00 e. The molecule has 23 heteroatoms. The molecule has 0 heterocycles. The van der Waals surface area contributed by atoms with Crippen LogP contribution >= 0.6 is 0 Å². The van der Waals surface area contributed by atoms with E-state index in [1.54, 1.807) is 0 Å². The molecule has 0 unspecified atom stereocenters. The fraction of sp³-hybridized carbons (Fsp3) is 0.900. The molecule has 196 valence electrons. The fourth-order valence-corrected chi connectivity index (χ4v) is 1.48. The Kier molecular flexibility index (Phi) is 10.6. The normalized spacial score (nSPS) is 15.8. The van der Waals surface area contributed by atoms with Crippen molar-refractivity contribution < 1.29 is 109 Å². The van der Waals surface area contributed by atoms with Crippen LogP contribution in [0.25, 0.3) is 0 Å². The van der Waals surface area contributed by atoms with Crippen LogP contribution in [-0.2, 0) is 0 Å². The van der Waals surface area contributed by atoms with E-state index in [1.165, 1.54) is 0 Å². The molecule has 0 aliphatic rings. The standard InChI is InChI=1S/C10F21.BrH.Mg/c11-1(12)2(13,14)3(15,16)4(17,18)5(19,20)6(21,22)7(23,24)8(25,26)9(27,28)10(29,30)31;;/h;1H;/q-1;;+2/p-1. The Morgan fingerprint density at radius 3 is 0.697 bits per heavy atom. The first-order valence-electron chi connectivity index (χ1n) is 6.22. The van der Waals surface area contributed by atoms with Crippen LogP contribution in [0.1, 0.15) is 0 Å². The van der Waals surface area contributed by atoms with Gasteiger partial charge >= 0.3 is 70.7 Å². The van der Waals surface area contributed by atoms with Gasteiger partial charge in [-0.25, -0.2) is 8.78 Å². The molecule has 0 bridgehead atoms. The zero-order valence-corrected chi connectivity index (χ0v) is 17.0. The molecule has 0 saturated carbocycles. The Bertz CT molecular complexity index is 662. The van der Waals surface area contributed by atoms with Crippen molar-refractivity contribution in [3.8, 4) is 0 Å². The second-order valence-corrected chi connectivity index (χ2v) is 5.35. The van der Waals surface area contributed by atoms with E-state index in [9.17, 15) is 92.2 Å². The molecule has 0 aromatic heterocycles. The first-order chi connectivity index (χ1) is 12.9. The molecule has 0 atom stereocenters. The SMILES string of the molecule is F[C-](F)C(F)(F)C(F)(F)C(F)(F)C(F)(F)C(F)(F)C(F)(F)C(F)(F)C(F)(F)C(F)(F)F.[Br-].[Mg+2]. The van der Waals surface area contributed by atoms with E-state index < -0.39 is 60.0 Å². The van der Waals surface area contributed by atoms with Crippen molar-refractivity contribution in [2.45, 2.75) is 53.6 Å². The third-order valence-corrected chi connectivity index (χ3v) is 3.35. The Morgan fingerprint density at radius 1 is 0.333 bits per heavy atom. The van der Waals surface area contributed by atoms with Crippen LogP contribution in [0.5, 0.6) is 0 Å². The van der Waals surface area contributed by atoms with Gasteiger partial charge in [0.25, 0.3) is 5.92 Å². The van der Waals surface area contributed by atoms with Crippen LogP contribution < -0.4 is 17.0 Å². The van der Waals surface area contributed by atoms with Gasteiger partial charge in [0.15, 0.2) is 0 Å². The predicted molar refractivity (Wildman–Crippen MR) is 56.8 cm³/mol. The summed E-state index contributed by atoms with van der Waals surface area (Å²) in [5.41, 5.74) is 0. The molecule has 0 radical (unpaired) electrons. The summed E-state index contributed by atoms with van der Waals surface area (Å²) in [5.74, 6) is -69.7. The minimum Gasteiger partial charge on any atom is -1.00 e. The summed E-state index contributed by atoms with van der Waals surface area (Å²) in [6, 6.07) is 0. The molecule has 0 N–H and O–H groups in total. The zero-order valence-electron chi connectivity index (χ0n) is 14.0. The van der Waals surface area contributed by atoms with E-state index in [2.05, 4.69) is 0 Å². The number of halogens is 22. The summed E-state index contributed by atoms with van der Waals surface area (Å²) >= 11 is 0. The maximum atomic E-state index is 13.1. The predicted octanol–water partition coefficient (Wildman–Crippen LogP) is 3.68. The molecule has 33 heavy (non-hydrogen) atoms. The molecule has 0 aliphatic heterocycles. The molecular formula is C10BrF21Mg. The van der Waals surface area contributed by atoms with Crippen LogP contribution in [0.4, 0.5) is 92.2 Å². The van der Waals surface area contributed by atoms with Gasteiger partial charge in [0, 0.05) is 0 Å². The minimum atomic E-state index is -9.12. The van der Waals surface area contributed by atoms with E-state index in [0.29, 0.717) is 0 Å². The smallest absolute Gasteiger partial charge is 1.00 e. The van der Waals surface area contributed by atoms with E-state index >= 15 is 0 Å². The molecule has 0 aliphatic carbocycles. The second-order valence-electron chi connectivity index (χ2n) is 5.35. The molecule has 0 saturated heterocycles. The molecule has 0 aromatic carbocycles. The van der Waals surface area contributed by atoms with Crippen LogP contribution in [0.2, 0.25) is 0 Å². The van der Waals surface area contributed by atoms with Crippen molar-refractivity contribution >= 4 is 23.1 Å². The fourth-order valence-electron chi connectivity index (χ4n) is 1.48. The molecule has 0 fully saturated rings. The van der Waals surface area contributed by atoms with Crippen molar-refractivity contribution in [2.24, 2.45) is 0 Å². The molecule has 0 amide bonds. The summed E-state index contributed by atoms with van der Waals surface area (Å²) in [5, 5.41) is 0. The Hall–Kier alpha value is -0.224. The topological polar surface area (TPSA) is 0 Å². The molecule has 0 rings (SSSR count). The van der Waals surface area contributed by atoms with Crippen molar-refractivity contribution in [2.75, 3.05) is 0 Å². The van der Waals surface area contributed by atoms with Crippen molar-refractivity contribution in [3.05, 3.63) is 6.43 Å². The summed E-state index contributed by atoms with van der Waals surface area (Å²) in [6.07, 6.45) is -13.2. The quantitative estimate of drug-likeness (QED) is 0.220. The third kappa shape index (κ3) is 4.66. The third-order valence-electron chi connectivity index (χ3n) is 3.35. The number of hydrogen-bond donors (Lipinski definition) is 0. The Morgan fingerprint density at radius 2 is 0.515 bits per heavy atom. The number of alkyl halides is 19. The summed E-state index contributed by atoms with van der Waals surface area (Å²) < 4.78 is 264. The van der Waals surface area contributed by atoms with Gasteiger partial charge in [-0.3, -0.25) is 0 Å². The molecule has 0 nitrogen and oxygen atoms in total. The van der Waals surface area contributed by atoms with E-state index in [0.717, 1.165) is 0 Å². The van der Waals surface area contributed by atoms with Gasteiger partial charge < -0.3 is 25.8 Å². The van der Waals surface area contributed by atoms with Crippen LogP contribution in [-0.4, -0.2) is 76.6 Å². The summed E-state index contributed by atoms with van der Waals surface area (Å²) in [6.45, 7) is 0. The van der Waals surface area contributed by atoms with E-state index in [4.69, 9.17) is 0 Å². The largest absolute Gasteiger partial charge is 2.00 e. The van der Waals surface area contributed by atoms with Gasteiger partial charge in [-0.15, -0.1) is 0 Å². The minimum absolute atomic E-state index is 0. The Balaban J connectivity index is -0.00000450. The first kappa shape index (κ1) is 37.3. The number of hydrogen-bond acceptors (Lipinski definition) is 0. The van der Waals surface area contributed by atoms with Crippen LogP contribution in [0.3, 0.4) is 0 Å². The van der Waals surface area contributed by atoms with Gasteiger partial charge in [0.1, 0.15) is 0 Å².